The van der Waals surface area contributed by atoms with E-state index in [1.54, 1.807) is 6.08 Å². The normalized spacial score (nSPS) is 24.5. The molecular formula is C9H14O3. The molecule has 1 aliphatic heterocycles. The highest BCUT2D eigenvalue weighted by Gasteiger charge is 2.11. The van der Waals surface area contributed by atoms with E-state index < -0.39 is 5.97 Å². The lowest BCUT2D eigenvalue weighted by molar-refractivity contribution is -0.131. The summed E-state index contributed by atoms with van der Waals surface area (Å²) in [6.45, 7) is 0.825. The molecule has 1 N–H and O–H groups in total. The van der Waals surface area contributed by atoms with Crippen LogP contribution in [0.4, 0.5) is 0 Å². The molecule has 0 bridgehead atoms. The lowest BCUT2D eigenvalue weighted by atomic mass is 10.1. The molecule has 0 saturated carbocycles. The van der Waals surface area contributed by atoms with Gasteiger partial charge < -0.3 is 9.84 Å². The summed E-state index contributed by atoms with van der Waals surface area (Å²) in [6.07, 6.45) is 7.21. The van der Waals surface area contributed by atoms with Gasteiger partial charge in [-0.05, 0) is 25.7 Å². The highest BCUT2D eigenvalue weighted by atomic mass is 16.5. The molecule has 0 aromatic rings. The van der Waals surface area contributed by atoms with Crippen molar-refractivity contribution < 1.29 is 14.6 Å². The molecule has 0 radical (unpaired) electrons. The van der Waals surface area contributed by atoms with Crippen molar-refractivity contribution in [2.45, 2.75) is 31.8 Å². The van der Waals surface area contributed by atoms with Crippen LogP contribution in [0.2, 0.25) is 0 Å². The predicted octanol–water partition coefficient (Wildman–Crippen LogP) is 1.59. The van der Waals surface area contributed by atoms with Crippen LogP contribution in [0.15, 0.2) is 12.2 Å². The van der Waals surface area contributed by atoms with Crippen LogP contribution in [0.1, 0.15) is 25.7 Å². The minimum absolute atomic E-state index is 0.245. The Kier molecular flexibility index (Phi) is 3.80. The van der Waals surface area contributed by atoms with Gasteiger partial charge in [0.15, 0.2) is 0 Å². The molecule has 3 heteroatoms. The maximum Gasteiger partial charge on any atom is 0.327 e. The maximum absolute atomic E-state index is 10.1. The fraction of sp³-hybridized carbons (Fsp3) is 0.667. The molecule has 1 unspecified atom stereocenters. The Morgan fingerprint density at radius 1 is 1.58 bits per heavy atom. The van der Waals surface area contributed by atoms with Crippen molar-refractivity contribution in [1.29, 1.82) is 0 Å². The van der Waals surface area contributed by atoms with Gasteiger partial charge in [0.25, 0.3) is 0 Å². The summed E-state index contributed by atoms with van der Waals surface area (Å²) in [5.41, 5.74) is 0. The van der Waals surface area contributed by atoms with E-state index in [1.165, 1.54) is 12.5 Å². The topological polar surface area (TPSA) is 46.5 Å². The molecule has 0 aromatic heterocycles. The number of hydrogen-bond acceptors (Lipinski definition) is 2. The molecule has 12 heavy (non-hydrogen) atoms. The molecule has 1 fully saturated rings. The molecule has 1 aliphatic rings. The predicted molar refractivity (Wildman–Crippen MR) is 45.0 cm³/mol. The summed E-state index contributed by atoms with van der Waals surface area (Å²) < 4.78 is 5.42. The third-order valence-corrected chi connectivity index (χ3v) is 1.93. The van der Waals surface area contributed by atoms with E-state index in [9.17, 15) is 4.79 Å². The van der Waals surface area contributed by atoms with Crippen LogP contribution in [-0.4, -0.2) is 23.8 Å². The third kappa shape index (κ3) is 3.53. The van der Waals surface area contributed by atoms with Crippen LogP contribution < -0.4 is 0 Å². The fourth-order valence-corrected chi connectivity index (χ4v) is 1.31. The van der Waals surface area contributed by atoms with Gasteiger partial charge >= 0.3 is 5.97 Å². The van der Waals surface area contributed by atoms with E-state index in [-0.39, 0.29) is 6.10 Å². The number of carboxylic acids is 1. The van der Waals surface area contributed by atoms with Gasteiger partial charge in [-0.2, -0.15) is 0 Å². The molecular weight excluding hydrogens is 156 g/mol. The average molecular weight is 170 g/mol. The zero-order valence-corrected chi connectivity index (χ0v) is 7.03. The first kappa shape index (κ1) is 9.26. The summed E-state index contributed by atoms with van der Waals surface area (Å²) in [5.74, 6) is -0.884. The largest absolute Gasteiger partial charge is 0.478 e. The van der Waals surface area contributed by atoms with Crippen LogP contribution in [0, 0.1) is 0 Å². The minimum atomic E-state index is -0.884. The molecule has 3 nitrogen and oxygen atoms in total. The lowest BCUT2D eigenvalue weighted by Crippen LogP contribution is -2.17. The second kappa shape index (κ2) is 4.93. The van der Waals surface area contributed by atoms with Gasteiger partial charge in [-0.15, -0.1) is 0 Å². The number of carbonyl (C=O) groups is 1. The molecule has 1 rings (SSSR count). The number of rotatable bonds is 3. The number of aliphatic carboxylic acids is 1. The van der Waals surface area contributed by atoms with E-state index in [0.29, 0.717) is 0 Å². The third-order valence-electron chi connectivity index (χ3n) is 1.93. The SMILES string of the molecule is O=C(O)/C=C/CC1CCCCO1. The van der Waals surface area contributed by atoms with Crippen molar-refractivity contribution in [1.82, 2.24) is 0 Å². The fourth-order valence-electron chi connectivity index (χ4n) is 1.31. The van der Waals surface area contributed by atoms with Gasteiger partial charge in [-0.3, -0.25) is 0 Å². The second-order valence-electron chi connectivity index (χ2n) is 2.96. The van der Waals surface area contributed by atoms with Crippen LogP contribution in [0.25, 0.3) is 0 Å². The van der Waals surface area contributed by atoms with Crippen LogP contribution in [-0.2, 0) is 9.53 Å². The van der Waals surface area contributed by atoms with Crippen LogP contribution >= 0.6 is 0 Å². The molecule has 68 valence electrons. The summed E-state index contributed by atoms with van der Waals surface area (Å²) in [7, 11) is 0. The number of ether oxygens (including phenoxy) is 1. The zero-order chi connectivity index (χ0) is 8.81. The molecule has 0 spiro atoms. The van der Waals surface area contributed by atoms with E-state index in [1.807, 2.05) is 0 Å². The van der Waals surface area contributed by atoms with Crippen LogP contribution in [0.5, 0.6) is 0 Å². The Morgan fingerprint density at radius 2 is 2.42 bits per heavy atom. The van der Waals surface area contributed by atoms with E-state index in [4.69, 9.17) is 9.84 Å². The van der Waals surface area contributed by atoms with E-state index >= 15 is 0 Å². The maximum atomic E-state index is 10.1. The van der Waals surface area contributed by atoms with Crippen molar-refractivity contribution >= 4 is 5.97 Å². The van der Waals surface area contributed by atoms with Crippen molar-refractivity contribution in [3.63, 3.8) is 0 Å². The van der Waals surface area contributed by atoms with E-state index in [0.717, 1.165) is 25.9 Å². The van der Waals surface area contributed by atoms with Crippen molar-refractivity contribution in [3.05, 3.63) is 12.2 Å². The Bertz CT molecular complexity index is 169. The van der Waals surface area contributed by atoms with Crippen LogP contribution in [0.3, 0.4) is 0 Å². The lowest BCUT2D eigenvalue weighted by Gasteiger charge is -2.20. The number of hydrogen-bond donors (Lipinski definition) is 1. The summed E-state index contributed by atoms with van der Waals surface area (Å²) in [5, 5.41) is 8.32. The molecule has 1 atom stereocenters. The number of carboxylic acid groups (broad SMARTS) is 1. The molecule has 1 heterocycles. The van der Waals surface area contributed by atoms with Gasteiger partial charge in [-0.1, -0.05) is 6.08 Å². The first-order chi connectivity index (χ1) is 5.79. The Balaban J connectivity index is 2.17. The van der Waals surface area contributed by atoms with Gasteiger partial charge in [0.1, 0.15) is 0 Å². The monoisotopic (exact) mass is 170 g/mol. The summed E-state index contributed by atoms with van der Waals surface area (Å²) >= 11 is 0. The molecule has 0 aliphatic carbocycles. The minimum Gasteiger partial charge on any atom is -0.478 e. The summed E-state index contributed by atoms with van der Waals surface area (Å²) in [4.78, 5) is 10.1. The van der Waals surface area contributed by atoms with Gasteiger partial charge in [0.2, 0.25) is 0 Å². The average Bonchev–Trinajstić information content (AvgIpc) is 2.05. The quantitative estimate of drug-likeness (QED) is 0.654. The van der Waals surface area contributed by atoms with Crippen molar-refractivity contribution in [2.24, 2.45) is 0 Å². The first-order valence-electron chi connectivity index (χ1n) is 4.30. The Hall–Kier alpha value is -0.830. The Morgan fingerprint density at radius 3 is 3.00 bits per heavy atom. The zero-order valence-electron chi connectivity index (χ0n) is 7.03. The van der Waals surface area contributed by atoms with Crippen molar-refractivity contribution in [2.75, 3.05) is 6.61 Å². The van der Waals surface area contributed by atoms with Gasteiger partial charge in [0.05, 0.1) is 6.10 Å². The highest BCUT2D eigenvalue weighted by molar-refractivity contribution is 5.79. The highest BCUT2D eigenvalue weighted by Crippen LogP contribution is 2.15. The smallest absolute Gasteiger partial charge is 0.327 e. The van der Waals surface area contributed by atoms with E-state index in [2.05, 4.69) is 0 Å². The molecule has 0 amide bonds. The molecule has 0 aromatic carbocycles. The summed E-state index contributed by atoms with van der Waals surface area (Å²) in [6, 6.07) is 0. The second-order valence-corrected chi connectivity index (χ2v) is 2.96. The standard InChI is InChI=1S/C9H14O3/c10-9(11)6-3-5-8-4-1-2-7-12-8/h3,6,8H,1-2,4-5,7H2,(H,10,11)/b6-3+. The van der Waals surface area contributed by atoms with Crippen molar-refractivity contribution in [3.8, 4) is 0 Å². The van der Waals surface area contributed by atoms with Gasteiger partial charge in [-0.25, -0.2) is 4.79 Å². The Labute approximate surface area is 72.0 Å². The van der Waals surface area contributed by atoms with Gasteiger partial charge in [0, 0.05) is 12.7 Å². The molecule has 1 saturated heterocycles. The first-order valence-corrected chi connectivity index (χ1v) is 4.30.